The fourth-order valence-electron chi connectivity index (χ4n) is 3.03. The quantitative estimate of drug-likeness (QED) is 0.699. The molecule has 4 rings (SSSR count). The first-order valence-corrected chi connectivity index (χ1v) is 8.57. The van der Waals surface area contributed by atoms with Gasteiger partial charge in [0.2, 0.25) is 11.6 Å². The van der Waals surface area contributed by atoms with Crippen LogP contribution in [0.3, 0.4) is 0 Å². The molecule has 0 bridgehead atoms. The third-order valence-electron chi connectivity index (χ3n) is 4.26. The molecule has 1 unspecified atom stereocenters. The van der Waals surface area contributed by atoms with Crippen LogP contribution < -0.4 is 15.5 Å². The normalized spacial score (nSPS) is 16.0. The molecule has 4 N–H and O–H groups in total. The van der Waals surface area contributed by atoms with Crippen molar-refractivity contribution in [1.29, 1.82) is 5.26 Å². The lowest BCUT2D eigenvalue weighted by Crippen LogP contribution is -2.23. The Balaban J connectivity index is 1.89. The third-order valence-corrected chi connectivity index (χ3v) is 5.00. The van der Waals surface area contributed by atoms with Crippen molar-refractivity contribution in [3.63, 3.8) is 0 Å². The summed E-state index contributed by atoms with van der Waals surface area (Å²) in [4.78, 5) is 6.51. The molecule has 7 heteroatoms. The monoisotopic (exact) mass is 383 g/mol. The fraction of sp³-hybridized carbons (Fsp3) is 0.0526. The molecule has 0 saturated heterocycles. The molecular weight excluding hydrogens is 371 g/mol. The minimum atomic E-state index is -0.438. The number of fused-ring (bicyclic) bond motifs is 1. The zero-order valence-corrected chi connectivity index (χ0v) is 14.9. The van der Waals surface area contributed by atoms with Gasteiger partial charge in [-0.15, -0.1) is 0 Å². The van der Waals surface area contributed by atoms with Crippen LogP contribution in [0.15, 0.2) is 60.0 Å². The largest absolute Gasteiger partial charge is 0.403 e. The summed E-state index contributed by atoms with van der Waals surface area (Å²) in [7, 11) is 0. The number of nitrogens with one attached hydrogen (secondary N) is 2. The predicted molar refractivity (Wildman–Crippen MR) is 98.5 cm³/mol. The Bertz CT molecular complexity index is 1070. The van der Waals surface area contributed by atoms with E-state index in [1.165, 1.54) is 0 Å². The lowest BCUT2D eigenvalue weighted by atomic mass is 9.88. The van der Waals surface area contributed by atoms with Gasteiger partial charge in [-0.1, -0.05) is 47.5 Å². The summed E-state index contributed by atoms with van der Waals surface area (Å²) < 4.78 is 5.63. The van der Waals surface area contributed by atoms with Crippen LogP contribution in [-0.2, 0) is 0 Å². The maximum absolute atomic E-state index is 9.62. The van der Waals surface area contributed by atoms with Crippen molar-refractivity contribution >= 4 is 23.2 Å². The number of ether oxygens (including phenoxy) is 1. The number of nitrogens with two attached hydrogens (primary N) is 1. The van der Waals surface area contributed by atoms with Crippen LogP contribution in [0.2, 0.25) is 10.0 Å². The van der Waals surface area contributed by atoms with E-state index in [4.69, 9.17) is 33.7 Å². The molecule has 2 heterocycles. The van der Waals surface area contributed by atoms with Gasteiger partial charge in [-0.25, -0.2) is 9.97 Å². The molecule has 0 spiro atoms. The van der Waals surface area contributed by atoms with E-state index in [0.717, 1.165) is 17.0 Å². The Labute approximate surface area is 159 Å². The molecule has 0 saturated carbocycles. The molecule has 3 aromatic rings. The van der Waals surface area contributed by atoms with Gasteiger partial charge >= 0.3 is 5.88 Å². The van der Waals surface area contributed by atoms with Gasteiger partial charge in [-0.2, -0.15) is 5.26 Å². The van der Waals surface area contributed by atoms with E-state index in [0.29, 0.717) is 27.2 Å². The summed E-state index contributed by atoms with van der Waals surface area (Å²) in [5.41, 5.74) is 8.75. The average Bonchev–Trinajstić information content (AvgIpc) is 3.07. The Hall–Kier alpha value is -2.94. The van der Waals surface area contributed by atoms with Gasteiger partial charge in [0.05, 0.1) is 21.5 Å². The highest BCUT2D eigenvalue weighted by Gasteiger charge is 2.38. The minimum absolute atomic E-state index is 0.0611. The molecule has 0 aliphatic carbocycles. The van der Waals surface area contributed by atoms with Crippen molar-refractivity contribution in [2.24, 2.45) is 5.73 Å². The summed E-state index contributed by atoms with van der Waals surface area (Å²) in [6.07, 6.45) is 0. The predicted octanol–water partition coefficient (Wildman–Crippen LogP) is 4.02. The van der Waals surface area contributed by atoms with E-state index in [2.05, 4.69) is 16.0 Å². The number of H-pyrrole nitrogens is 2. The molecule has 0 radical (unpaired) electrons. The van der Waals surface area contributed by atoms with Crippen LogP contribution >= 0.6 is 23.2 Å². The molecule has 0 fully saturated rings. The number of allylic oxidation sites excluding steroid dienone is 1. The standard InChI is InChI=1S/C19H12Cl2N4O/c20-13-7-6-11(8-14(13)21)15-12(9-22)17(23)26-19-16(15)24-18(25-19)10-4-2-1-3-5-10/h1-8,15H,23H2,(H,24,25)/p+1. The van der Waals surface area contributed by atoms with Gasteiger partial charge < -0.3 is 10.5 Å². The zero-order valence-electron chi connectivity index (χ0n) is 13.4. The first-order chi connectivity index (χ1) is 12.6. The molecule has 5 nitrogen and oxygen atoms in total. The van der Waals surface area contributed by atoms with Gasteiger partial charge in [0.25, 0.3) is 5.82 Å². The Morgan fingerprint density at radius 2 is 1.88 bits per heavy atom. The summed E-state index contributed by atoms with van der Waals surface area (Å²) >= 11 is 12.2. The number of hydrogen-bond acceptors (Lipinski definition) is 3. The third kappa shape index (κ3) is 2.70. The molecular formula is C19H13Cl2N4O+. The fourth-order valence-corrected chi connectivity index (χ4v) is 3.34. The van der Waals surface area contributed by atoms with Gasteiger partial charge in [-0.3, -0.25) is 0 Å². The number of aromatic nitrogens is 2. The van der Waals surface area contributed by atoms with Crippen molar-refractivity contribution in [3.8, 4) is 23.3 Å². The summed E-state index contributed by atoms with van der Waals surface area (Å²) in [6, 6.07) is 17.1. The van der Waals surface area contributed by atoms with Crippen molar-refractivity contribution in [1.82, 2.24) is 4.98 Å². The molecule has 26 heavy (non-hydrogen) atoms. The van der Waals surface area contributed by atoms with Gasteiger partial charge in [0.15, 0.2) is 0 Å². The number of aromatic amines is 2. The van der Waals surface area contributed by atoms with E-state index >= 15 is 0 Å². The Kier molecular flexibility index (Phi) is 4.08. The van der Waals surface area contributed by atoms with E-state index in [1.54, 1.807) is 12.1 Å². The maximum Gasteiger partial charge on any atom is 0.333 e. The van der Waals surface area contributed by atoms with Crippen molar-refractivity contribution in [2.75, 3.05) is 0 Å². The number of halogens is 2. The van der Waals surface area contributed by atoms with Crippen LogP contribution in [0.1, 0.15) is 17.2 Å². The molecule has 1 aromatic heterocycles. The summed E-state index contributed by atoms with van der Waals surface area (Å²) in [6.45, 7) is 0. The topological polar surface area (TPSA) is 89.0 Å². The average molecular weight is 384 g/mol. The zero-order chi connectivity index (χ0) is 18.3. The molecule has 1 aliphatic heterocycles. The highest BCUT2D eigenvalue weighted by atomic mass is 35.5. The number of nitriles is 1. The van der Waals surface area contributed by atoms with Crippen molar-refractivity contribution in [2.45, 2.75) is 5.92 Å². The molecule has 128 valence electrons. The van der Waals surface area contributed by atoms with Crippen LogP contribution in [0.4, 0.5) is 0 Å². The first-order valence-electron chi connectivity index (χ1n) is 7.81. The number of rotatable bonds is 2. The Morgan fingerprint density at radius 1 is 1.12 bits per heavy atom. The highest BCUT2D eigenvalue weighted by Crippen LogP contribution is 2.41. The molecule has 2 aromatic carbocycles. The van der Waals surface area contributed by atoms with Gasteiger partial charge in [0.1, 0.15) is 11.6 Å². The second-order valence-electron chi connectivity index (χ2n) is 5.83. The van der Waals surface area contributed by atoms with Gasteiger partial charge in [-0.05, 0) is 29.8 Å². The number of nitrogens with zero attached hydrogens (tertiary/aromatic N) is 1. The molecule has 1 atom stereocenters. The van der Waals surface area contributed by atoms with Crippen LogP contribution in [-0.4, -0.2) is 4.98 Å². The Morgan fingerprint density at radius 3 is 2.58 bits per heavy atom. The summed E-state index contributed by atoms with van der Waals surface area (Å²) in [5, 5.41) is 10.5. The van der Waals surface area contributed by atoms with E-state index in [9.17, 15) is 5.26 Å². The number of benzene rings is 2. The molecule has 0 amide bonds. The number of imidazole rings is 1. The first kappa shape index (κ1) is 16.5. The van der Waals surface area contributed by atoms with Gasteiger partial charge in [0, 0.05) is 0 Å². The van der Waals surface area contributed by atoms with Crippen molar-refractivity contribution < 1.29 is 9.72 Å². The van der Waals surface area contributed by atoms with Crippen molar-refractivity contribution in [3.05, 3.63) is 81.3 Å². The smallest absolute Gasteiger partial charge is 0.333 e. The van der Waals surface area contributed by atoms with E-state index in [-0.39, 0.29) is 5.88 Å². The molecule has 1 aliphatic rings. The maximum atomic E-state index is 9.62. The van der Waals surface area contributed by atoms with E-state index < -0.39 is 5.92 Å². The lowest BCUT2D eigenvalue weighted by molar-refractivity contribution is -0.377. The summed E-state index contributed by atoms with van der Waals surface area (Å²) in [5.74, 6) is 0.849. The second-order valence-corrected chi connectivity index (χ2v) is 6.65. The minimum Gasteiger partial charge on any atom is -0.403 e. The van der Waals surface area contributed by atoms with Crippen LogP contribution in [0.5, 0.6) is 5.88 Å². The highest BCUT2D eigenvalue weighted by molar-refractivity contribution is 6.42. The second kappa shape index (κ2) is 6.41. The lowest BCUT2D eigenvalue weighted by Gasteiger charge is -2.20. The van der Waals surface area contributed by atoms with E-state index in [1.807, 2.05) is 36.4 Å². The van der Waals surface area contributed by atoms with Crippen LogP contribution in [0.25, 0.3) is 11.4 Å². The SMILES string of the molecule is N#CC1=C(N)Oc2[nH+]c(-c3ccccc3)[nH]c2C1c1ccc(Cl)c(Cl)c1. The number of hydrogen-bond donors (Lipinski definition) is 2. The van der Waals surface area contributed by atoms with Crippen LogP contribution in [0, 0.1) is 11.3 Å².